The van der Waals surface area contributed by atoms with Crippen LogP contribution in [-0.4, -0.2) is 52.8 Å². The van der Waals surface area contributed by atoms with Crippen LogP contribution >= 0.6 is 0 Å². The van der Waals surface area contributed by atoms with E-state index in [9.17, 15) is 9.90 Å². The molecule has 1 fully saturated rings. The Balaban J connectivity index is 1.27. The molecular weight excluding hydrogens is 512 g/mol. The predicted octanol–water partition coefficient (Wildman–Crippen LogP) is 5.60. The first-order valence-electron chi connectivity index (χ1n) is 13.7. The van der Waals surface area contributed by atoms with Crippen LogP contribution in [0.2, 0.25) is 0 Å². The molecule has 3 heterocycles. The van der Waals surface area contributed by atoms with Crippen molar-refractivity contribution in [1.29, 1.82) is 0 Å². The third-order valence-corrected chi connectivity index (χ3v) is 7.17. The van der Waals surface area contributed by atoms with Gasteiger partial charge in [0.25, 0.3) is 0 Å². The number of ether oxygens (including phenoxy) is 5. The van der Waals surface area contributed by atoms with E-state index >= 15 is 0 Å². The van der Waals surface area contributed by atoms with Crippen molar-refractivity contribution in [2.75, 3.05) is 19.8 Å². The Morgan fingerprint density at radius 1 is 1.15 bits per heavy atom. The van der Waals surface area contributed by atoms with Crippen LogP contribution in [-0.2, 0) is 25.4 Å². The molecule has 3 aromatic rings. The fourth-order valence-electron chi connectivity index (χ4n) is 5.35. The molecule has 1 aliphatic heterocycles. The highest BCUT2D eigenvalue weighted by atomic mass is 16.7. The molecule has 40 heavy (non-hydrogen) atoms. The van der Waals surface area contributed by atoms with Crippen molar-refractivity contribution in [1.82, 2.24) is 9.97 Å². The molecule has 5 rings (SSSR count). The van der Waals surface area contributed by atoms with Gasteiger partial charge < -0.3 is 28.8 Å². The van der Waals surface area contributed by atoms with Gasteiger partial charge in [-0.2, -0.15) is 0 Å². The number of hydrogen-bond acceptors (Lipinski definition) is 8. The highest BCUT2D eigenvalue weighted by Gasteiger charge is 2.33. The maximum atomic E-state index is 11.2. The van der Waals surface area contributed by atoms with Gasteiger partial charge in [-0.15, -0.1) is 0 Å². The molecule has 3 atom stereocenters. The zero-order valence-corrected chi connectivity index (χ0v) is 23.4. The quantitative estimate of drug-likeness (QED) is 0.327. The molecule has 0 radical (unpaired) electrons. The Kier molecular flexibility index (Phi) is 8.35. The molecule has 9 nitrogen and oxygen atoms in total. The second kappa shape index (κ2) is 11.9. The van der Waals surface area contributed by atoms with Gasteiger partial charge in [-0.25, -0.2) is 9.97 Å². The lowest BCUT2D eigenvalue weighted by atomic mass is 9.96. The smallest absolute Gasteiger partial charge is 0.306 e. The van der Waals surface area contributed by atoms with Gasteiger partial charge >= 0.3 is 5.97 Å². The number of carbonyl (C=O) groups is 1. The number of carboxylic acids is 1. The molecule has 9 heteroatoms. The predicted molar refractivity (Wildman–Crippen MR) is 147 cm³/mol. The molecule has 0 bridgehead atoms. The summed E-state index contributed by atoms with van der Waals surface area (Å²) in [4.78, 5) is 20.3. The number of aromatic nitrogens is 2. The van der Waals surface area contributed by atoms with Gasteiger partial charge in [0, 0.05) is 36.2 Å². The Morgan fingerprint density at radius 3 is 2.65 bits per heavy atom. The number of nitrogens with zero attached hydrogens (tertiary/aromatic N) is 2. The number of pyridine rings is 2. The monoisotopic (exact) mass is 548 g/mol. The molecule has 1 saturated heterocycles. The van der Waals surface area contributed by atoms with Crippen LogP contribution in [0.25, 0.3) is 11.1 Å². The standard InChI is InChI=1S/C31H36N2O7/c1-5-36-27(15-30(34)35)20-9-13-28(32-16-20)39-26-12-10-24-23(7-6-8-25(24)26)22-11-14-29(33-19(22)2)37-17-21-18-38-31(3,4)40-21/h6-9,11,13-14,16,21,26-27H,5,10,12,15,17-18H2,1-4H3,(H,34,35)/t21-,26+,27-/m0/s1. The van der Waals surface area contributed by atoms with Crippen LogP contribution in [0.5, 0.6) is 11.8 Å². The summed E-state index contributed by atoms with van der Waals surface area (Å²) < 4.78 is 29.2. The van der Waals surface area contributed by atoms with Crippen molar-refractivity contribution in [3.8, 4) is 22.9 Å². The van der Waals surface area contributed by atoms with E-state index in [0.29, 0.717) is 37.1 Å². The largest absolute Gasteiger partial charge is 0.481 e. The topological polar surface area (TPSA) is 109 Å². The van der Waals surface area contributed by atoms with E-state index in [1.807, 2.05) is 45.9 Å². The highest BCUT2D eigenvalue weighted by Crippen LogP contribution is 2.41. The summed E-state index contributed by atoms with van der Waals surface area (Å²) in [6.45, 7) is 8.94. The minimum absolute atomic E-state index is 0.113. The van der Waals surface area contributed by atoms with Gasteiger partial charge in [-0.1, -0.05) is 18.2 Å². The van der Waals surface area contributed by atoms with Crippen LogP contribution in [0.3, 0.4) is 0 Å². The van der Waals surface area contributed by atoms with E-state index < -0.39 is 17.9 Å². The van der Waals surface area contributed by atoms with Crippen molar-refractivity contribution in [3.05, 3.63) is 71.0 Å². The molecule has 0 spiro atoms. The number of fused-ring (bicyclic) bond motifs is 1. The molecule has 0 unspecified atom stereocenters. The van der Waals surface area contributed by atoms with E-state index in [1.54, 1.807) is 12.3 Å². The van der Waals surface area contributed by atoms with Gasteiger partial charge in [0.15, 0.2) is 5.79 Å². The molecule has 2 aromatic heterocycles. The first-order valence-corrected chi connectivity index (χ1v) is 13.7. The Morgan fingerprint density at radius 2 is 1.98 bits per heavy atom. The molecule has 0 saturated carbocycles. The third-order valence-electron chi connectivity index (χ3n) is 7.17. The number of carboxylic acid groups (broad SMARTS) is 1. The van der Waals surface area contributed by atoms with Crippen LogP contribution in [0, 0.1) is 6.92 Å². The van der Waals surface area contributed by atoms with Crippen LogP contribution in [0.4, 0.5) is 0 Å². The van der Waals surface area contributed by atoms with Gasteiger partial charge in [0.05, 0.1) is 19.1 Å². The molecule has 1 aliphatic carbocycles. The lowest BCUT2D eigenvalue weighted by Gasteiger charge is -2.18. The fourth-order valence-corrected chi connectivity index (χ4v) is 5.35. The number of aryl methyl sites for hydroxylation is 1. The molecule has 2 aliphatic rings. The van der Waals surface area contributed by atoms with E-state index in [4.69, 9.17) is 28.7 Å². The maximum Gasteiger partial charge on any atom is 0.306 e. The zero-order valence-electron chi connectivity index (χ0n) is 23.4. The SMILES string of the molecule is CCO[C@@H](CC(=O)O)c1ccc(O[C@@H]2CCc3c(-c4ccc(OC[C@H]5COC(C)(C)O5)nc4C)cccc32)nc1. The molecule has 1 N–H and O–H groups in total. The number of benzene rings is 1. The second-order valence-corrected chi connectivity index (χ2v) is 10.5. The van der Waals surface area contributed by atoms with Gasteiger partial charge in [0.1, 0.15) is 18.8 Å². The Labute approximate surface area is 234 Å². The normalized spacial score (nSPS) is 20.2. The van der Waals surface area contributed by atoms with E-state index in [-0.39, 0.29) is 18.6 Å². The first-order chi connectivity index (χ1) is 19.2. The average Bonchev–Trinajstić information content (AvgIpc) is 3.49. The minimum Gasteiger partial charge on any atom is -0.481 e. The summed E-state index contributed by atoms with van der Waals surface area (Å²) in [5.74, 6) is -0.433. The van der Waals surface area contributed by atoms with Crippen LogP contribution in [0.15, 0.2) is 48.7 Å². The van der Waals surface area contributed by atoms with Gasteiger partial charge in [-0.3, -0.25) is 4.79 Å². The van der Waals surface area contributed by atoms with Crippen molar-refractivity contribution < 1.29 is 33.6 Å². The maximum absolute atomic E-state index is 11.2. The minimum atomic E-state index is -0.914. The summed E-state index contributed by atoms with van der Waals surface area (Å²) >= 11 is 0. The first kappa shape index (κ1) is 28.0. The number of rotatable bonds is 11. The van der Waals surface area contributed by atoms with Crippen LogP contribution < -0.4 is 9.47 Å². The van der Waals surface area contributed by atoms with Gasteiger partial charge in [0.2, 0.25) is 11.8 Å². The molecule has 1 aromatic carbocycles. The average molecular weight is 549 g/mol. The second-order valence-electron chi connectivity index (χ2n) is 10.5. The summed E-state index contributed by atoms with van der Waals surface area (Å²) in [5.41, 5.74) is 6.21. The third kappa shape index (κ3) is 6.43. The van der Waals surface area contributed by atoms with Crippen molar-refractivity contribution in [2.45, 2.75) is 71.1 Å². The number of aliphatic carboxylic acids is 1. The van der Waals surface area contributed by atoms with Crippen molar-refractivity contribution in [3.63, 3.8) is 0 Å². The number of hydrogen-bond donors (Lipinski definition) is 1. The summed E-state index contributed by atoms with van der Waals surface area (Å²) in [7, 11) is 0. The fraction of sp³-hybridized carbons (Fsp3) is 0.452. The lowest BCUT2D eigenvalue weighted by molar-refractivity contribution is -0.141. The van der Waals surface area contributed by atoms with Crippen LogP contribution in [0.1, 0.15) is 68.2 Å². The molecule has 212 valence electrons. The molecular formula is C31H36N2O7. The van der Waals surface area contributed by atoms with Crippen molar-refractivity contribution >= 4 is 5.97 Å². The van der Waals surface area contributed by atoms with Gasteiger partial charge in [-0.05, 0) is 74.9 Å². The Hall–Kier alpha value is -3.53. The lowest BCUT2D eigenvalue weighted by Crippen LogP contribution is -2.25. The van der Waals surface area contributed by atoms with E-state index in [2.05, 4.69) is 23.2 Å². The summed E-state index contributed by atoms with van der Waals surface area (Å²) in [5, 5.41) is 9.18. The highest BCUT2D eigenvalue weighted by molar-refractivity contribution is 5.72. The summed E-state index contributed by atoms with van der Waals surface area (Å²) in [6, 6.07) is 13.8. The molecule has 0 amide bonds. The zero-order chi connectivity index (χ0) is 28.3. The van der Waals surface area contributed by atoms with E-state index in [1.165, 1.54) is 5.56 Å². The van der Waals surface area contributed by atoms with E-state index in [0.717, 1.165) is 35.2 Å². The Bertz CT molecular complexity index is 1340. The van der Waals surface area contributed by atoms with Crippen molar-refractivity contribution in [2.24, 2.45) is 0 Å². The summed E-state index contributed by atoms with van der Waals surface area (Å²) in [6.07, 6.45) is 2.46.